The number of carbonyl (C=O) groups excluding carboxylic acids is 2. The molecule has 0 heterocycles. The van der Waals surface area contributed by atoms with Crippen LogP contribution in [-0.4, -0.2) is 24.3 Å². The van der Waals surface area contributed by atoms with Crippen molar-refractivity contribution >= 4 is 11.8 Å². The number of rotatable bonds is 5. The molecule has 70 valence electrons. The van der Waals surface area contributed by atoms with Crippen LogP contribution < -0.4 is 22.9 Å². The molecule has 12 heavy (non-hydrogen) atoms. The highest BCUT2D eigenvalue weighted by Gasteiger charge is 2.16. The van der Waals surface area contributed by atoms with Gasteiger partial charge in [-0.2, -0.15) is 0 Å². The molecule has 0 aromatic heterocycles. The lowest BCUT2D eigenvalue weighted by atomic mass is 10.6. The van der Waals surface area contributed by atoms with Gasteiger partial charge in [-0.25, -0.2) is 9.78 Å². The van der Waals surface area contributed by atoms with Crippen molar-refractivity contribution in [3.63, 3.8) is 0 Å². The molecule has 2 amide bonds. The van der Waals surface area contributed by atoms with Crippen LogP contribution in [0.5, 0.6) is 0 Å². The summed E-state index contributed by atoms with van der Waals surface area (Å²) < 4.78 is 0. The molecular weight excluding hydrogens is 168 g/mol. The third-order valence-electron chi connectivity index (χ3n) is 0.824. The standard InChI is InChI=1S/C4H10N4O4/c5-1(9)3(7)11-12-4(8)2(6)10/h3-4H,7-8H2,(H2,5,9)(H2,6,10). The Morgan fingerprint density at radius 1 is 0.917 bits per heavy atom. The molecule has 0 aliphatic carbocycles. The molecule has 0 spiro atoms. The second-order valence-electron chi connectivity index (χ2n) is 1.84. The molecule has 8 nitrogen and oxygen atoms in total. The number of primary amides is 2. The molecule has 2 unspecified atom stereocenters. The molecule has 8 N–H and O–H groups in total. The number of hydrogen-bond acceptors (Lipinski definition) is 6. The molecule has 0 saturated carbocycles. The Morgan fingerprint density at radius 2 is 1.17 bits per heavy atom. The normalized spacial score (nSPS) is 15.2. The van der Waals surface area contributed by atoms with E-state index in [2.05, 4.69) is 21.2 Å². The first-order chi connectivity index (χ1) is 5.45. The van der Waals surface area contributed by atoms with Gasteiger partial charge >= 0.3 is 0 Å². The zero-order valence-corrected chi connectivity index (χ0v) is 6.10. The van der Waals surface area contributed by atoms with Gasteiger partial charge in [0, 0.05) is 0 Å². The van der Waals surface area contributed by atoms with Crippen LogP contribution in [-0.2, 0) is 19.4 Å². The van der Waals surface area contributed by atoms with Crippen LogP contribution in [0.1, 0.15) is 0 Å². The van der Waals surface area contributed by atoms with E-state index in [-0.39, 0.29) is 0 Å². The summed E-state index contributed by atoms with van der Waals surface area (Å²) in [4.78, 5) is 28.6. The van der Waals surface area contributed by atoms with Gasteiger partial charge in [0.1, 0.15) is 0 Å². The predicted molar refractivity (Wildman–Crippen MR) is 36.5 cm³/mol. The highest BCUT2D eigenvalue weighted by atomic mass is 17.2. The van der Waals surface area contributed by atoms with Crippen molar-refractivity contribution in [3.8, 4) is 0 Å². The Kier molecular flexibility index (Phi) is 4.15. The van der Waals surface area contributed by atoms with Gasteiger partial charge in [-0.3, -0.25) is 21.1 Å². The lowest BCUT2D eigenvalue weighted by molar-refractivity contribution is -0.333. The van der Waals surface area contributed by atoms with Crippen molar-refractivity contribution < 1.29 is 19.4 Å². The van der Waals surface area contributed by atoms with E-state index in [1.807, 2.05) is 0 Å². The topological polar surface area (TPSA) is 157 Å². The highest BCUT2D eigenvalue weighted by molar-refractivity contribution is 5.78. The first-order valence-electron chi connectivity index (χ1n) is 2.87. The van der Waals surface area contributed by atoms with Gasteiger partial charge in [0.15, 0.2) is 0 Å². The molecule has 8 heteroatoms. The maximum atomic E-state index is 10.2. The highest BCUT2D eigenvalue weighted by Crippen LogP contribution is 1.87. The zero-order valence-electron chi connectivity index (χ0n) is 6.10. The van der Waals surface area contributed by atoms with Gasteiger partial charge in [-0.15, -0.1) is 0 Å². The summed E-state index contributed by atoms with van der Waals surface area (Å²) in [5, 5.41) is 0. The van der Waals surface area contributed by atoms with Crippen molar-refractivity contribution in [1.29, 1.82) is 0 Å². The molecular formula is C4H10N4O4. The summed E-state index contributed by atoms with van der Waals surface area (Å²) in [5.41, 5.74) is 19.2. The minimum atomic E-state index is -1.48. The van der Waals surface area contributed by atoms with Gasteiger partial charge < -0.3 is 11.5 Å². The van der Waals surface area contributed by atoms with Crippen molar-refractivity contribution in [3.05, 3.63) is 0 Å². The Bertz CT molecular complexity index is 164. The molecule has 0 fully saturated rings. The molecule has 0 rings (SSSR count). The van der Waals surface area contributed by atoms with E-state index in [0.717, 1.165) is 0 Å². The molecule has 0 aromatic carbocycles. The Hall–Kier alpha value is -1.22. The molecule has 0 aliphatic heterocycles. The quantitative estimate of drug-likeness (QED) is 0.194. The first kappa shape index (κ1) is 10.8. The molecule has 2 atom stereocenters. The maximum absolute atomic E-state index is 10.2. The van der Waals surface area contributed by atoms with Crippen molar-refractivity contribution in [1.82, 2.24) is 0 Å². The number of carbonyl (C=O) groups is 2. The predicted octanol–water partition coefficient (Wildman–Crippen LogP) is -3.53. The van der Waals surface area contributed by atoms with Crippen molar-refractivity contribution in [2.75, 3.05) is 0 Å². The minimum Gasteiger partial charge on any atom is -0.366 e. The SMILES string of the molecule is NC(=O)C(N)OOC(N)C(N)=O. The number of hydrogen-bond donors (Lipinski definition) is 4. The molecule has 0 aromatic rings. The van der Waals surface area contributed by atoms with Crippen LogP contribution in [0, 0.1) is 0 Å². The maximum Gasteiger partial charge on any atom is 0.264 e. The van der Waals surface area contributed by atoms with Crippen LogP contribution in [0.3, 0.4) is 0 Å². The summed E-state index contributed by atoms with van der Waals surface area (Å²) in [6.45, 7) is 0. The summed E-state index contributed by atoms with van der Waals surface area (Å²) in [6, 6.07) is 0. The Balaban J connectivity index is 3.68. The van der Waals surface area contributed by atoms with Gasteiger partial charge in [0.25, 0.3) is 11.8 Å². The van der Waals surface area contributed by atoms with Gasteiger partial charge in [-0.1, -0.05) is 0 Å². The van der Waals surface area contributed by atoms with Crippen molar-refractivity contribution in [2.24, 2.45) is 22.9 Å². The van der Waals surface area contributed by atoms with E-state index in [1.165, 1.54) is 0 Å². The smallest absolute Gasteiger partial charge is 0.264 e. The molecule has 0 saturated heterocycles. The van der Waals surface area contributed by atoms with E-state index in [4.69, 9.17) is 11.5 Å². The first-order valence-corrected chi connectivity index (χ1v) is 2.87. The second-order valence-corrected chi connectivity index (χ2v) is 1.84. The average Bonchev–Trinajstić information content (AvgIpc) is 1.98. The zero-order chi connectivity index (χ0) is 9.72. The van der Waals surface area contributed by atoms with Gasteiger partial charge in [-0.05, 0) is 0 Å². The number of amides is 2. The lowest BCUT2D eigenvalue weighted by Crippen LogP contribution is -2.44. The fourth-order valence-electron chi connectivity index (χ4n) is 0.215. The monoisotopic (exact) mass is 178 g/mol. The second kappa shape index (κ2) is 4.62. The number of nitrogens with two attached hydrogens (primary N) is 4. The van der Waals surface area contributed by atoms with Crippen LogP contribution in [0.4, 0.5) is 0 Å². The van der Waals surface area contributed by atoms with Crippen LogP contribution in [0.2, 0.25) is 0 Å². The molecule has 0 radical (unpaired) electrons. The van der Waals surface area contributed by atoms with Crippen LogP contribution >= 0.6 is 0 Å². The fourth-order valence-corrected chi connectivity index (χ4v) is 0.215. The van der Waals surface area contributed by atoms with Crippen LogP contribution in [0.15, 0.2) is 0 Å². The molecule has 0 bridgehead atoms. The molecule has 0 aliphatic rings. The van der Waals surface area contributed by atoms with E-state index < -0.39 is 24.3 Å². The summed E-state index contributed by atoms with van der Waals surface area (Å²) in [7, 11) is 0. The lowest BCUT2D eigenvalue weighted by Gasteiger charge is -2.10. The van der Waals surface area contributed by atoms with Gasteiger partial charge in [0.2, 0.25) is 12.5 Å². The van der Waals surface area contributed by atoms with Crippen molar-refractivity contribution in [2.45, 2.75) is 12.5 Å². The Morgan fingerprint density at radius 3 is 1.33 bits per heavy atom. The largest absolute Gasteiger partial charge is 0.366 e. The third kappa shape index (κ3) is 3.83. The third-order valence-corrected chi connectivity index (χ3v) is 0.824. The van der Waals surface area contributed by atoms with E-state index >= 15 is 0 Å². The summed E-state index contributed by atoms with van der Waals surface area (Å²) >= 11 is 0. The summed E-state index contributed by atoms with van der Waals surface area (Å²) in [5.74, 6) is -1.90. The minimum absolute atomic E-state index is 0.952. The van der Waals surface area contributed by atoms with E-state index in [0.29, 0.717) is 0 Å². The fraction of sp³-hybridized carbons (Fsp3) is 0.500. The van der Waals surface area contributed by atoms with E-state index in [1.54, 1.807) is 0 Å². The van der Waals surface area contributed by atoms with E-state index in [9.17, 15) is 9.59 Å². The Labute approximate surface area is 67.7 Å². The summed E-state index contributed by atoms with van der Waals surface area (Å²) in [6.07, 6.45) is -2.95. The van der Waals surface area contributed by atoms with Crippen LogP contribution in [0.25, 0.3) is 0 Å². The van der Waals surface area contributed by atoms with Gasteiger partial charge in [0.05, 0.1) is 0 Å². The average molecular weight is 178 g/mol.